The summed E-state index contributed by atoms with van der Waals surface area (Å²) in [7, 11) is 1.78. The smallest absolute Gasteiger partial charge is 0.295 e. The van der Waals surface area contributed by atoms with Gasteiger partial charge in [0.1, 0.15) is 11.4 Å². The SMILES string of the molecule is CCOc1ccc(Cl)cc1C(=O)CCC(C)(C)CC(=O)Nc1c(C)n(C)n(-c2ccccc2)c1=O. The fourth-order valence-corrected chi connectivity index (χ4v) is 4.18. The van der Waals surface area contributed by atoms with Crippen molar-refractivity contribution in [1.29, 1.82) is 0 Å². The summed E-state index contributed by atoms with van der Waals surface area (Å²) >= 11 is 6.08. The zero-order chi connectivity index (χ0) is 25.8. The van der Waals surface area contributed by atoms with Crippen LogP contribution in [-0.4, -0.2) is 27.7 Å². The van der Waals surface area contributed by atoms with Gasteiger partial charge in [0.05, 0.1) is 23.6 Å². The maximum atomic E-state index is 13.1. The first-order valence-electron chi connectivity index (χ1n) is 11.6. The third-order valence-electron chi connectivity index (χ3n) is 6.03. The van der Waals surface area contributed by atoms with Gasteiger partial charge in [-0.2, -0.15) is 0 Å². The van der Waals surface area contributed by atoms with Gasteiger partial charge >= 0.3 is 0 Å². The molecule has 1 N–H and O–H groups in total. The Balaban J connectivity index is 1.68. The maximum Gasteiger partial charge on any atom is 0.295 e. The van der Waals surface area contributed by atoms with E-state index in [0.29, 0.717) is 35.1 Å². The van der Waals surface area contributed by atoms with Crippen LogP contribution in [0, 0.1) is 12.3 Å². The molecule has 0 bridgehead atoms. The summed E-state index contributed by atoms with van der Waals surface area (Å²) in [6.45, 7) is 7.95. The monoisotopic (exact) mass is 497 g/mol. The number of halogens is 1. The Labute approximate surface area is 210 Å². The number of aromatic nitrogens is 2. The molecule has 2 aromatic carbocycles. The minimum atomic E-state index is -0.467. The van der Waals surface area contributed by atoms with E-state index in [-0.39, 0.29) is 35.8 Å². The molecular weight excluding hydrogens is 466 g/mol. The molecule has 186 valence electrons. The van der Waals surface area contributed by atoms with Crippen LogP contribution in [0.1, 0.15) is 56.1 Å². The largest absolute Gasteiger partial charge is 0.493 e. The van der Waals surface area contributed by atoms with Crippen LogP contribution in [0.4, 0.5) is 5.69 Å². The number of benzene rings is 2. The number of carbonyl (C=O) groups excluding carboxylic acids is 2. The molecule has 3 rings (SSSR count). The van der Waals surface area contributed by atoms with Crippen LogP contribution in [-0.2, 0) is 11.8 Å². The van der Waals surface area contributed by atoms with Crippen molar-refractivity contribution in [2.45, 2.75) is 47.0 Å². The van der Waals surface area contributed by atoms with Gasteiger partial charge in [-0.05, 0) is 56.0 Å². The summed E-state index contributed by atoms with van der Waals surface area (Å²) in [6.07, 6.45) is 0.887. The lowest BCUT2D eigenvalue weighted by Gasteiger charge is -2.23. The molecular formula is C27H32ClN3O4. The van der Waals surface area contributed by atoms with Crippen molar-refractivity contribution in [2.24, 2.45) is 12.5 Å². The molecule has 1 amide bonds. The molecule has 3 aromatic rings. The van der Waals surface area contributed by atoms with Gasteiger partial charge in [-0.25, -0.2) is 4.68 Å². The number of ketones is 1. The number of ether oxygens (including phenoxy) is 1. The van der Waals surface area contributed by atoms with E-state index >= 15 is 0 Å². The number of nitrogens with zero attached hydrogens (tertiary/aromatic N) is 2. The Bertz CT molecular complexity index is 1280. The minimum absolute atomic E-state index is 0.0888. The minimum Gasteiger partial charge on any atom is -0.493 e. The van der Waals surface area contributed by atoms with Crippen LogP contribution < -0.4 is 15.6 Å². The molecule has 0 unspecified atom stereocenters. The molecule has 0 aliphatic rings. The number of nitrogens with one attached hydrogen (secondary N) is 1. The normalized spacial score (nSPS) is 11.4. The summed E-state index contributed by atoms with van der Waals surface area (Å²) in [5.74, 6) is 0.145. The molecule has 0 atom stereocenters. The van der Waals surface area contributed by atoms with Gasteiger partial charge in [0.15, 0.2) is 5.78 Å². The van der Waals surface area contributed by atoms with E-state index in [1.807, 2.05) is 51.1 Å². The van der Waals surface area contributed by atoms with E-state index in [2.05, 4.69) is 5.32 Å². The van der Waals surface area contributed by atoms with E-state index < -0.39 is 5.41 Å². The van der Waals surface area contributed by atoms with Crippen molar-refractivity contribution in [3.8, 4) is 11.4 Å². The van der Waals surface area contributed by atoms with E-state index in [4.69, 9.17) is 16.3 Å². The molecule has 7 nitrogen and oxygen atoms in total. The fourth-order valence-electron chi connectivity index (χ4n) is 4.01. The quantitative estimate of drug-likeness (QED) is 0.372. The molecule has 35 heavy (non-hydrogen) atoms. The highest BCUT2D eigenvalue weighted by Crippen LogP contribution is 2.31. The van der Waals surface area contributed by atoms with Crippen molar-refractivity contribution >= 4 is 29.0 Å². The van der Waals surface area contributed by atoms with Crippen LogP contribution in [0.3, 0.4) is 0 Å². The lowest BCUT2D eigenvalue weighted by Crippen LogP contribution is -2.26. The van der Waals surface area contributed by atoms with E-state index in [1.165, 1.54) is 4.68 Å². The zero-order valence-corrected chi connectivity index (χ0v) is 21.6. The fraction of sp³-hybridized carbons (Fsp3) is 0.370. The number of rotatable bonds is 10. The third-order valence-corrected chi connectivity index (χ3v) is 6.26. The summed E-state index contributed by atoms with van der Waals surface area (Å²) < 4.78 is 8.81. The van der Waals surface area contributed by atoms with Gasteiger partial charge in [-0.15, -0.1) is 0 Å². The number of hydrogen-bond acceptors (Lipinski definition) is 4. The molecule has 1 aromatic heterocycles. The van der Waals surface area contributed by atoms with Gasteiger partial charge in [-0.1, -0.05) is 43.6 Å². The average Bonchev–Trinajstić information content (AvgIpc) is 3.02. The highest BCUT2D eigenvalue weighted by Gasteiger charge is 2.26. The second kappa shape index (κ2) is 11.0. The first kappa shape index (κ1) is 26.3. The highest BCUT2D eigenvalue weighted by molar-refractivity contribution is 6.31. The predicted molar refractivity (Wildman–Crippen MR) is 139 cm³/mol. The van der Waals surface area contributed by atoms with Gasteiger partial charge in [0.25, 0.3) is 5.56 Å². The Morgan fingerprint density at radius 3 is 2.46 bits per heavy atom. The first-order valence-corrected chi connectivity index (χ1v) is 12.0. The lowest BCUT2D eigenvalue weighted by molar-refractivity contribution is -0.118. The number of para-hydroxylation sites is 1. The Hall–Kier alpha value is -3.32. The van der Waals surface area contributed by atoms with Gasteiger partial charge in [0.2, 0.25) is 5.91 Å². The third kappa shape index (κ3) is 6.22. The van der Waals surface area contributed by atoms with E-state index in [0.717, 1.165) is 5.69 Å². The van der Waals surface area contributed by atoms with Crippen LogP contribution in [0.15, 0.2) is 53.3 Å². The number of amides is 1. The number of hydrogen-bond donors (Lipinski definition) is 1. The Morgan fingerprint density at radius 1 is 1.11 bits per heavy atom. The molecule has 8 heteroatoms. The van der Waals surface area contributed by atoms with Crippen LogP contribution in [0.5, 0.6) is 5.75 Å². The number of Topliss-reactive ketones (excluding diaryl/α,β-unsaturated/α-hetero) is 1. The Kier molecular flexibility index (Phi) is 8.22. The van der Waals surface area contributed by atoms with Crippen molar-refractivity contribution in [3.63, 3.8) is 0 Å². The molecule has 0 fully saturated rings. The average molecular weight is 498 g/mol. The summed E-state index contributed by atoms with van der Waals surface area (Å²) in [6, 6.07) is 14.3. The van der Waals surface area contributed by atoms with Gasteiger partial charge in [0, 0.05) is 24.9 Å². The lowest BCUT2D eigenvalue weighted by atomic mass is 9.82. The van der Waals surface area contributed by atoms with Crippen molar-refractivity contribution in [1.82, 2.24) is 9.36 Å². The van der Waals surface area contributed by atoms with Crippen LogP contribution in [0.2, 0.25) is 5.02 Å². The maximum absolute atomic E-state index is 13.1. The first-order chi connectivity index (χ1) is 16.5. The van der Waals surface area contributed by atoms with Crippen LogP contribution >= 0.6 is 11.6 Å². The van der Waals surface area contributed by atoms with E-state index in [1.54, 1.807) is 36.9 Å². The van der Waals surface area contributed by atoms with Crippen molar-refractivity contribution < 1.29 is 14.3 Å². The number of anilines is 1. The zero-order valence-electron chi connectivity index (χ0n) is 20.9. The predicted octanol–water partition coefficient (Wildman–Crippen LogP) is 5.55. The topological polar surface area (TPSA) is 82.3 Å². The van der Waals surface area contributed by atoms with E-state index in [9.17, 15) is 14.4 Å². The van der Waals surface area contributed by atoms with Crippen LogP contribution in [0.25, 0.3) is 5.69 Å². The van der Waals surface area contributed by atoms with Gasteiger partial charge in [-0.3, -0.25) is 19.1 Å². The molecule has 0 saturated heterocycles. The Morgan fingerprint density at radius 2 is 1.80 bits per heavy atom. The van der Waals surface area contributed by atoms with Crippen molar-refractivity contribution in [3.05, 3.63) is 75.2 Å². The highest BCUT2D eigenvalue weighted by atomic mass is 35.5. The molecule has 0 saturated carbocycles. The molecule has 1 heterocycles. The second-order valence-corrected chi connectivity index (χ2v) is 9.76. The van der Waals surface area contributed by atoms with Crippen molar-refractivity contribution in [2.75, 3.05) is 11.9 Å². The molecule has 0 aliphatic carbocycles. The summed E-state index contributed by atoms with van der Waals surface area (Å²) in [5.41, 5.74) is 1.32. The standard InChI is InChI=1S/C27H32ClN3O4/c1-6-35-23-13-12-19(28)16-21(23)22(32)14-15-27(3,4)17-24(33)29-25-18(2)30(5)31(26(25)34)20-10-8-7-9-11-20/h7-13,16H,6,14-15,17H2,1-5H3,(H,29,33). The second-order valence-electron chi connectivity index (χ2n) is 9.32. The number of carbonyl (C=O) groups is 2. The molecule has 0 radical (unpaired) electrons. The van der Waals surface area contributed by atoms with Gasteiger partial charge < -0.3 is 10.1 Å². The molecule has 0 spiro atoms. The summed E-state index contributed by atoms with van der Waals surface area (Å²) in [4.78, 5) is 38.8. The summed E-state index contributed by atoms with van der Waals surface area (Å²) in [5, 5.41) is 3.27. The molecule has 0 aliphatic heterocycles.